The Hall–Kier alpha value is -4.10. The Labute approximate surface area is 152 Å². The molecule has 0 aliphatic rings. The van der Waals surface area contributed by atoms with Gasteiger partial charge in [0.1, 0.15) is 5.69 Å². The molecule has 0 saturated heterocycles. The van der Waals surface area contributed by atoms with Crippen molar-refractivity contribution in [1.82, 2.24) is 0 Å². The van der Waals surface area contributed by atoms with Crippen LogP contribution in [0.2, 0.25) is 0 Å². The maximum Gasteiger partial charge on any atom is 0.418 e. The van der Waals surface area contributed by atoms with Crippen LogP contribution >= 0.6 is 0 Å². The molecule has 0 N–H and O–H groups in total. The number of carbonyl (C=O) groups excluding carboxylic acids is 1. The van der Waals surface area contributed by atoms with E-state index in [9.17, 15) is 48.3 Å². The highest BCUT2D eigenvalue weighted by atomic mass is 19.4. The number of halogens is 3. The zero-order valence-corrected chi connectivity index (χ0v) is 13.3. The van der Waals surface area contributed by atoms with Crippen molar-refractivity contribution in [3.05, 3.63) is 72.3 Å². The number of rotatable bonds is 6. The van der Waals surface area contributed by atoms with E-state index < -0.39 is 49.3 Å². The Kier molecular flexibility index (Phi) is 5.24. The third-order valence-corrected chi connectivity index (χ3v) is 3.47. The Morgan fingerprint density at radius 3 is 1.79 bits per heavy atom. The van der Waals surface area contributed by atoms with E-state index >= 15 is 0 Å². The second kappa shape index (κ2) is 7.26. The van der Waals surface area contributed by atoms with Crippen molar-refractivity contribution in [2.45, 2.75) is 6.18 Å². The van der Waals surface area contributed by atoms with Crippen LogP contribution in [0.25, 0.3) is 0 Å². The summed E-state index contributed by atoms with van der Waals surface area (Å²) < 4.78 is 40.3. The number of nitro benzene ring substituents is 3. The molecule has 0 atom stereocenters. The average molecular weight is 400 g/mol. The molecule has 0 fully saturated rings. The number of nitrogens with zero attached hydrogens (tertiary/aromatic N) is 4. The lowest BCUT2D eigenvalue weighted by Crippen LogP contribution is -2.21. The number of hydrogen-bond donors (Lipinski definition) is 0. The van der Waals surface area contributed by atoms with Crippen molar-refractivity contribution in [3.63, 3.8) is 0 Å². The molecule has 11 nitrogen and oxygen atoms in total. The summed E-state index contributed by atoms with van der Waals surface area (Å²) in [6.07, 6.45) is -5.46. The van der Waals surface area contributed by atoms with E-state index in [0.717, 1.165) is 24.3 Å². The monoisotopic (exact) mass is 400 g/mol. The molecule has 14 heteroatoms. The van der Waals surface area contributed by atoms with Gasteiger partial charge in [-0.15, -0.1) is 0 Å². The molecule has 0 unspecified atom stereocenters. The van der Waals surface area contributed by atoms with E-state index in [1.807, 2.05) is 0 Å². The molecule has 0 spiro atoms. The summed E-state index contributed by atoms with van der Waals surface area (Å²) >= 11 is 0. The minimum Gasteiger partial charge on any atom is -0.278 e. The minimum absolute atomic E-state index is 0.0597. The minimum atomic E-state index is -5.28. The van der Waals surface area contributed by atoms with Gasteiger partial charge in [0.2, 0.25) is 6.41 Å². The Bertz CT molecular complexity index is 976. The zero-order valence-electron chi connectivity index (χ0n) is 13.3. The Morgan fingerprint density at radius 1 is 0.857 bits per heavy atom. The van der Waals surface area contributed by atoms with Gasteiger partial charge >= 0.3 is 11.9 Å². The lowest BCUT2D eigenvalue weighted by Gasteiger charge is -2.21. The van der Waals surface area contributed by atoms with E-state index in [0.29, 0.717) is 0 Å². The van der Waals surface area contributed by atoms with Gasteiger partial charge in [-0.1, -0.05) is 0 Å². The van der Waals surface area contributed by atoms with E-state index in [4.69, 9.17) is 0 Å². The van der Waals surface area contributed by atoms with Gasteiger partial charge in [0.15, 0.2) is 0 Å². The summed E-state index contributed by atoms with van der Waals surface area (Å²) in [5, 5.41) is 32.8. The van der Waals surface area contributed by atoms with Gasteiger partial charge in [-0.3, -0.25) is 40.0 Å². The highest BCUT2D eigenvalue weighted by Gasteiger charge is 2.41. The summed E-state index contributed by atoms with van der Waals surface area (Å²) in [6.45, 7) is 0. The number of anilines is 2. The third-order valence-electron chi connectivity index (χ3n) is 3.47. The van der Waals surface area contributed by atoms with Crippen molar-refractivity contribution >= 4 is 34.8 Å². The zero-order chi connectivity index (χ0) is 21.2. The van der Waals surface area contributed by atoms with Gasteiger partial charge in [-0.25, -0.2) is 0 Å². The van der Waals surface area contributed by atoms with Crippen LogP contribution in [-0.2, 0) is 11.0 Å². The smallest absolute Gasteiger partial charge is 0.278 e. The topological polar surface area (TPSA) is 150 Å². The van der Waals surface area contributed by atoms with Gasteiger partial charge in [0.25, 0.3) is 11.4 Å². The molecule has 0 aromatic heterocycles. The number of amides is 1. The lowest BCUT2D eigenvalue weighted by molar-refractivity contribution is -0.394. The summed E-state index contributed by atoms with van der Waals surface area (Å²) in [4.78, 5) is 41.1. The van der Waals surface area contributed by atoms with Crippen molar-refractivity contribution in [2.75, 3.05) is 4.90 Å². The molecule has 146 valence electrons. The van der Waals surface area contributed by atoms with E-state index in [2.05, 4.69) is 0 Å². The summed E-state index contributed by atoms with van der Waals surface area (Å²) in [5.41, 5.74) is -6.39. The molecule has 2 aromatic carbocycles. The fraction of sp³-hybridized carbons (Fsp3) is 0.0714. The second-order valence-corrected chi connectivity index (χ2v) is 5.12. The van der Waals surface area contributed by atoms with E-state index in [1.165, 1.54) is 0 Å². The molecule has 1 amide bonds. The second-order valence-electron chi connectivity index (χ2n) is 5.12. The maximum absolute atomic E-state index is 13.4. The van der Waals surface area contributed by atoms with E-state index in [1.54, 1.807) is 0 Å². The van der Waals surface area contributed by atoms with E-state index in [-0.39, 0.29) is 29.1 Å². The summed E-state index contributed by atoms with van der Waals surface area (Å²) in [5.74, 6) is 0. The Morgan fingerprint density at radius 2 is 1.39 bits per heavy atom. The lowest BCUT2D eigenvalue weighted by atomic mass is 10.1. The van der Waals surface area contributed by atoms with Crippen LogP contribution in [0.15, 0.2) is 36.4 Å². The summed E-state index contributed by atoms with van der Waals surface area (Å²) in [6, 6.07) is 3.89. The highest BCUT2D eigenvalue weighted by Crippen LogP contribution is 2.46. The first-order valence-electron chi connectivity index (χ1n) is 7.00. The molecule has 2 aromatic rings. The van der Waals surface area contributed by atoms with Crippen LogP contribution in [0.1, 0.15) is 5.56 Å². The van der Waals surface area contributed by atoms with Crippen LogP contribution in [0.3, 0.4) is 0 Å². The number of alkyl halides is 3. The normalized spacial score (nSPS) is 11.0. The van der Waals surface area contributed by atoms with Crippen LogP contribution in [-0.4, -0.2) is 21.2 Å². The van der Waals surface area contributed by atoms with Gasteiger partial charge in [-0.05, 0) is 12.1 Å². The predicted molar refractivity (Wildman–Crippen MR) is 86.1 cm³/mol. The number of non-ortho nitro benzene ring substituents is 2. The quantitative estimate of drug-likeness (QED) is 0.407. The molecule has 28 heavy (non-hydrogen) atoms. The van der Waals surface area contributed by atoms with Gasteiger partial charge in [-0.2, -0.15) is 13.2 Å². The average Bonchev–Trinajstić information content (AvgIpc) is 2.61. The Balaban J connectivity index is 2.82. The van der Waals surface area contributed by atoms with Gasteiger partial charge in [0.05, 0.1) is 26.4 Å². The molecule has 0 aliphatic heterocycles. The first-order chi connectivity index (χ1) is 13.0. The van der Waals surface area contributed by atoms with Crippen LogP contribution < -0.4 is 4.90 Å². The standard InChI is InChI=1S/C14H7F3N4O7/c15-14(16,17)11-5-10(20(25)26)6-12(21(27)28)13(11)18(7-22)8-1-3-9(4-2-8)19(23)24/h1-7H. The largest absolute Gasteiger partial charge is 0.418 e. The molecule has 0 saturated carbocycles. The molecule has 0 heterocycles. The molecule has 0 radical (unpaired) electrons. The highest BCUT2D eigenvalue weighted by molar-refractivity contribution is 5.93. The molecule has 0 aliphatic carbocycles. The number of carbonyl (C=O) groups is 1. The number of hydrogen-bond acceptors (Lipinski definition) is 7. The first kappa shape index (κ1) is 20.2. The number of nitro groups is 3. The van der Waals surface area contributed by atoms with Gasteiger partial charge in [0, 0.05) is 23.9 Å². The molecular formula is C14H7F3N4O7. The molecule has 2 rings (SSSR count). The fourth-order valence-electron chi connectivity index (χ4n) is 2.30. The van der Waals surface area contributed by atoms with Crippen LogP contribution in [0.4, 0.5) is 41.6 Å². The predicted octanol–water partition coefficient (Wildman–Crippen LogP) is 3.72. The molecule has 0 bridgehead atoms. The van der Waals surface area contributed by atoms with Crippen molar-refractivity contribution in [1.29, 1.82) is 0 Å². The van der Waals surface area contributed by atoms with Gasteiger partial charge < -0.3 is 0 Å². The first-order valence-corrected chi connectivity index (χ1v) is 7.00. The van der Waals surface area contributed by atoms with Crippen LogP contribution in [0, 0.1) is 30.3 Å². The van der Waals surface area contributed by atoms with Crippen molar-refractivity contribution in [3.8, 4) is 0 Å². The van der Waals surface area contributed by atoms with Crippen LogP contribution in [0.5, 0.6) is 0 Å². The van der Waals surface area contributed by atoms with Crippen molar-refractivity contribution in [2.24, 2.45) is 0 Å². The number of benzene rings is 2. The fourth-order valence-corrected chi connectivity index (χ4v) is 2.30. The van der Waals surface area contributed by atoms with Crippen molar-refractivity contribution < 1.29 is 32.7 Å². The SMILES string of the molecule is O=CN(c1ccc([N+](=O)[O-])cc1)c1c([N+](=O)[O-])cc([N+](=O)[O-])cc1C(F)(F)F. The molecular weight excluding hydrogens is 393 g/mol. The maximum atomic E-state index is 13.4. The summed E-state index contributed by atoms with van der Waals surface area (Å²) in [7, 11) is 0. The third kappa shape index (κ3) is 3.84.